The van der Waals surface area contributed by atoms with Gasteiger partial charge < -0.3 is 9.64 Å². The van der Waals surface area contributed by atoms with E-state index in [1.165, 1.54) is 18.3 Å². The zero-order valence-corrected chi connectivity index (χ0v) is 13.5. The molecule has 0 radical (unpaired) electrons. The second-order valence-electron chi connectivity index (χ2n) is 4.69. The van der Waals surface area contributed by atoms with Crippen molar-refractivity contribution in [2.75, 3.05) is 18.9 Å². The van der Waals surface area contributed by atoms with E-state index in [0.717, 1.165) is 23.8 Å². The average Bonchev–Trinajstić information content (AvgIpc) is 2.96. The van der Waals surface area contributed by atoms with E-state index in [2.05, 4.69) is 10.3 Å². The van der Waals surface area contributed by atoms with Crippen molar-refractivity contribution in [2.45, 2.75) is 13.3 Å². The topological polar surface area (TPSA) is 78.2 Å². The molecule has 23 heavy (non-hydrogen) atoms. The van der Waals surface area contributed by atoms with E-state index in [1.54, 1.807) is 11.9 Å². The molecule has 0 saturated heterocycles. The number of carbonyl (C=O) groups excluding carboxylic acids is 1. The van der Waals surface area contributed by atoms with Gasteiger partial charge >= 0.3 is 6.03 Å². The van der Waals surface area contributed by atoms with Crippen molar-refractivity contribution in [3.8, 4) is 16.9 Å². The molecule has 6 nitrogen and oxygen atoms in total. The minimum absolute atomic E-state index is 0.0895. The summed E-state index contributed by atoms with van der Waals surface area (Å²) in [6, 6.07) is 5.29. The molecule has 0 fully saturated rings. The third-order valence-corrected chi connectivity index (χ3v) is 3.67. The fourth-order valence-electron chi connectivity index (χ4n) is 1.78. The van der Waals surface area contributed by atoms with Crippen LogP contribution in [0.25, 0.3) is 0 Å². The van der Waals surface area contributed by atoms with Gasteiger partial charge in [0.1, 0.15) is 17.6 Å². The predicted octanol–water partition coefficient (Wildman–Crippen LogP) is 3.82. The van der Waals surface area contributed by atoms with Gasteiger partial charge in [-0.05, 0) is 24.6 Å². The minimum atomic E-state index is -0.509. The summed E-state index contributed by atoms with van der Waals surface area (Å²) in [6.07, 6.45) is 2.29. The molecule has 120 valence electrons. The van der Waals surface area contributed by atoms with E-state index in [1.807, 2.05) is 13.0 Å². The quantitative estimate of drug-likeness (QED) is 0.901. The zero-order valence-electron chi connectivity index (χ0n) is 12.7. The van der Waals surface area contributed by atoms with Crippen molar-refractivity contribution >= 4 is 22.5 Å². The number of rotatable bonds is 5. The number of nitrogens with one attached hydrogen (secondary N) is 1. The maximum Gasteiger partial charge on any atom is 0.323 e. The molecule has 0 bridgehead atoms. The normalized spacial score (nSPS) is 10.0. The van der Waals surface area contributed by atoms with Crippen LogP contribution in [0.1, 0.15) is 18.9 Å². The molecule has 8 heteroatoms. The number of halogens is 1. The maximum absolute atomic E-state index is 13.1. The van der Waals surface area contributed by atoms with Crippen molar-refractivity contribution in [2.24, 2.45) is 0 Å². The SMILES string of the molecule is CCCN(C)C(=O)Nc1ncc(Oc2ccc(F)cc2C#N)s1. The van der Waals surface area contributed by atoms with Gasteiger partial charge in [0.25, 0.3) is 0 Å². The van der Waals surface area contributed by atoms with Crippen LogP contribution in [0.5, 0.6) is 10.8 Å². The maximum atomic E-state index is 13.1. The van der Waals surface area contributed by atoms with Gasteiger partial charge in [0, 0.05) is 13.6 Å². The summed E-state index contributed by atoms with van der Waals surface area (Å²) in [5.74, 6) is -0.274. The number of nitrogens with zero attached hydrogens (tertiary/aromatic N) is 3. The van der Waals surface area contributed by atoms with E-state index in [0.29, 0.717) is 16.7 Å². The lowest BCUT2D eigenvalue weighted by Crippen LogP contribution is -2.31. The molecule has 0 unspecified atom stereocenters. The van der Waals surface area contributed by atoms with Crippen molar-refractivity contribution in [3.05, 3.63) is 35.8 Å². The Hall–Kier alpha value is -2.66. The number of benzene rings is 1. The molecule has 1 aromatic carbocycles. The van der Waals surface area contributed by atoms with Crippen LogP contribution in [-0.4, -0.2) is 29.5 Å². The van der Waals surface area contributed by atoms with Gasteiger partial charge in [-0.2, -0.15) is 5.26 Å². The number of urea groups is 1. The Labute approximate surface area is 137 Å². The van der Waals surface area contributed by atoms with Crippen LogP contribution >= 0.6 is 11.3 Å². The number of aromatic nitrogens is 1. The number of hydrogen-bond donors (Lipinski definition) is 1. The van der Waals surface area contributed by atoms with Crippen molar-refractivity contribution in [1.29, 1.82) is 5.26 Å². The molecular weight excluding hydrogens is 319 g/mol. The van der Waals surface area contributed by atoms with E-state index in [4.69, 9.17) is 10.00 Å². The largest absolute Gasteiger partial charge is 0.444 e. The lowest BCUT2D eigenvalue weighted by molar-refractivity contribution is 0.222. The molecule has 0 atom stereocenters. The second kappa shape index (κ2) is 7.56. The first kappa shape index (κ1) is 16.7. The van der Waals surface area contributed by atoms with Crippen LogP contribution in [0.3, 0.4) is 0 Å². The van der Waals surface area contributed by atoms with Crippen LogP contribution in [0.2, 0.25) is 0 Å². The van der Waals surface area contributed by atoms with Crippen molar-refractivity contribution in [3.63, 3.8) is 0 Å². The van der Waals surface area contributed by atoms with Gasteiger partial charge in [-0.3, -0.25) is 5.32 Å². The number of amides is 2. The average molecular weight is 334 g/mol. The van der Waals surface area contributed by atoms with E-state index < -0.39 is 5.82 Å². The van der Waals surface area contributed by atoms with Crippen LogP contribution in [-0.2, 0) is 0 Å². The highest BCUT2D eigenvalue weighted by atomic mass is 32.1. The summed E-state index contributed by atoms with van der Waals surface area (Å²) in [5.41, 5.74) is 0.0895. The molecule has 2 rings (SSSR count). The molecule has 0 saturated carbocycles. The fourth-order valence-corrected chi connectivity index (χ4v) is 2.45. The molecule has 2 amide bonds. The molecule has 0 spiro atoms. The Balaban J connectivity index is 2.06. The number of nitriles is 1. The number of hydrogen-bond acceptors (Lipinski definition) is 5. The summed E-state index contributed by atoms with van der Waals surface area (Å²) >= 11 is 1.12. The summed E-state index contributed by atoms with van der Waals surface area (Å²) < 4.78 is 18.6. The van der Waals surface area contributed by atoms with Gasteiger partial charge in [-0.15, -0.1) is 0 Å². The number of anilines is 1. The summed E-state index contributed by atoms with van der Waals surface area (Å²) in [7, 11) is 1.70. The summed E-state index contributed by atoms with van der Waals surface area (Å²) in [4.78, 5) is 17.5. The fraction of sp³-hybridized carbons (Fsp3) is 0.267. The van der Waals surface area contributed by atoms with Gasteiger partial charge in [-0.25, -0.2) is 14.2 Å². The lowest BCUT2D eigenvalue weighted by Gasteiger charge is -2.15. The Kier molecular flexibility index (Phi) is 5.49. The molecule has 1 heterocycles. The van der Waals surface area contributed by atoms with Crippen LogP contribution < -0.4 is 10.1 Å². The summed E-state index contributed by atoms with van der Waals surface area (Å²) in [5, 5.41) is 12.4. The number of thiazole rings is 1. The van der Waals surface area contributed by atoms with Crippen molar-refractivity contribution in [1.82, 2.24) is 9.88 Å². The van der Waals surface area contributed by atoms with Crippen LogP contribution in [0.4, 0.5) is 14.3 Å². The molecule has 0 aliphatic carbocycles. The smallest absolute Gasteiger partial charge is 0.323 e. The third-order valence-electron chi connectivity index (χ3n) is 2.88. The Morgan fingerprint density at radius 3 is 3.04 bits per heavy atom. The number of ether oxygens (including phenoxy) is 1. The first-order valence-electron chi connectivity index (χ1n) is 6.89. The number of carbonyl (C=O) groups is 1. The highest BCUT2D eigenvalue weighted by molar-refractivity contribution is 7.17. The molecule has 0 aliphatic rings. The summed E-state index contributed by atoms with van der Waals surface area (Å²) in [6.45, 7) is 2.62. The molecule has 0 aliphatic heterocycles. The highest BCUT2D eigenvalue weighted by Gasteiger charge is 2.12. The first-order chi connectivity index (χ1) is 11.0. The zero-order chi connectivity index (χ0) is 16.8. The van der Waals surface area contributed by atoms with E-state index in [9.17, 15) is 9.18 Å². The van der Waals surface area contributed by atoms with E-state index >= 15 is 0 Å². The Morgan fingerprint density at radius 2 is 2.35 bits per heavy atom. The van der Waals surface area contributed by atoms with Crippen molar-refractivity contribution < 1.29 is 13.9 Å². The second-order valence-corrected chi connectivity index (χ2v) is 5.68. The molecule has 1 aromatic heterocycles. The predicted molar refractivity (Wildman–Crippen MR) is 85.2 cm³/mol. The standard InChI is InChI=1S/C15H15FN4O2S/c1-3-6-20(2)15(21)19-14-18-9-13(23-14)22-12-5-4-11(16)7-10(12)8-17/h4-5,7,9H,3,6H2,1-2H3,(H,18,19,21). The minimum Gasteiger partial charge on any atom is -0.444 e. The Morgan fingerprint density at radius 1 is 1.57 bits per heavy atom. The van der Waals surface area contributed by atoms with E-state index in [-0.39, 0.29) is 17.3 Å². The van der Waals surface area contributed by atoms with Crippen LogP contribution in [0.15, 0.2) is 24.4 Å². The third kappa shape index (κ3) is 4.40. The molecular formula is C15H15FN4O2S. The van der Waals surface area contributed by atoms with Gasteiger partial charge in [0.05, 0.1) is 11.8 Å². The van der Waals surface area contributed by atoms with Crippen LogP contribution in [0, 0.1) is 17.1 Å². The van der Waals surface area contributed by atoms with Gasteiger partial charge in [-0.1, -0.05) is 18.3 Å². The van der Waals surface area contributed by atoms with Gasteiger partial charge in [0.2, 0.25) is 5.06 Å². The monoisotopic (exact) mass is 334 g/mol. The lowest BCUT2D eigenvalue weighted by atomic mass is 10.2. The van der Waals surface area contributed by atoms with Gasteiger partial charge in [0.15, 0.2) is 5.13 Å². The first-order valence-corrected chi connectivity index (χ1v) is 7.70. The highest BCUT2D eigenvalue weighted by Crippen LogP contribution is 2.32. The molecule has 2 aromatic rings. The Bertz CT molecular complexity index is 741. The molecule has 1 N–H and O–H groups in total.